The molecule has 2 fully saturated rings. The van der Waals surface area contributed by atoms with Gasteiger partial charge >= 0.3 is 11.8 Å². The molecule has 0 spiro atoms. The zero-order chi connectivity index (χ0) is 18.4. The van der Waals surface area contributed by atoms with E-state index in [1.165, 1.54) is 0 Å². The minimum Gasteiger partial charge on any atom is -0.497 e. The van der Waals surface area contributed by atoms with Gasteiger partial charge in [-0.25, -0.2) is 0 Å². The van der Waals surface area contributed by atoms with Crippen LogP contribution in [-0.2, 0) is 19.7 Å². The zero-order valence-corrected chi connectivity index (χ0v) is 15.4. The minimum absolute atomic E-state index is 0.145. The fourth-order valence-corrected chi connectivity index (χ4v) is 3.93. The van der Waals surface area contributed by atoms with Gasteiger partial charge in [-0.2, -0.15) is 0 Å². The highest BCUT2D eigenvalue weighted by molar-refractivity contribution is 6.35. The highest BCUT2D eigenvalue weighted by Gasteiger charge is 2.35. The smallest absolute Gasteiger partial charge is 0.309 e. The average molecular weight is 360 g/mol. The summed E-state index contributed by atoms with van der Waals surface area (Å²) in [6.07, 6.45) is 5.78. The quantitative estimate of drug-likeness (QED) is 0.787. The van der Waals surface area contributed by atoms with Crippen LogP contribution in [-0.4, -0.2) is 44.7 Å². The molecule has 2 amide bonds. The first kappa shape index (κ1) is 18.7. The second-order valence-electron chi connectivity index (χ2n) is 7.26. The third-order valence-corrected chi connectivity index (χ3v) is 5.64. The maximum atomic E-state index is 12.3. The third kappa shape index (κ3) is 4.36. The molecule has 1 saturated carbocycles. The van der Waals surface area contributed by atoms with Gasteiger partial charge < -0.3 is 20.1 Å². The van der Waals surface area contributed by atoms with Gasteiger partial charge in [0.05, 0.1) is 7.11 Å². The predicted molar refractivity (Wildman–Crippen MR) is 98.1 cm³/mol. The maximum absolute atomic E-state index is 12.3. The van der Waals surface area contributed by atoms with Crippen LogP contribution < -0.4 is 15.4 Å². The summed E-state index contributed by atoms with van der Waals surface area (Å²) in [5.74, 6) is -0.263. The SMILES string of the molecule is COc1ccc(C2(CNC(=O)C(=O)NC3CCCC3)CCOCC2)cc1. The van der Waals surface area contributed by atoms with Crippen molar-refractivity contribution < 1.29 is 19.1 Å². The summed E-state index contributed by atoms with van der Waals surface area (Å²) in [7, 11) is 1.64. The van der Waals surface area contributed by atoms with Gasteiger partial charge in [0.1, 0.15) is 5.75 Å². The molecule has 2 N–H and O–H groups in total. The van der Waals surface area contributed by atoms with Gasteiger partial charge in [0.25, 0.3) is 0 Å². The van der Waals surface area contributed by atoms with E-state index in [0.717, 1.165) is 49.8 Å². The molecule has 1 aliphatic carbocycles. The Hall–Kier alpha value is -2.08. The number of ether oxygens (including phenoxy) is 2. The topological polar surface area (TPSA) is 76.7 Å². The molecule has 6 nitrogen and oxygen atoms in total. The van der Waals surface area contributed by atoms with Crippen molar-refractivity contribution in [3.63, 3.8) is 0 Å². The monoisotopic (exact) mass is 360 g/mol. The highest BCUT2D eigenvalue weighted by Crippen LogP contribution is 2.35. The number of nitrogens with one attached hydrogen (secondary N) is 2. The molecule has 0 atom stereocenters. The van der Waals surface area contributed by atoms with Gasteiger partial charge in [-0.3, -0.25) is 9.59 Å². The van der Waals surface area contributed by atoms with E-state index in [1.54, 1.807) is 7.11 Å². The van der Waals surface area contributed by atoms with E-state index in [-0.39, 0.29) is 11.5 Å². The van der Waals surface area contributed by atoms with Gasteiger partial charge in [-0.1, -0.05) is 25.0 Å². The number of rotatable bonds is 5. The molecule has 142 valence electrons. The minimum atomic E-state index is -0.545. The molecule has 6 heteroatoms. The van der Waals surface area contributed by atoms with E-state index in [0.29, 0.717) is 19.8 Å². The third-order valence-electron chi connectivity index (χ3n) is 5.64. The van der Waals surface area contributed by atoms with Gasteiger partial charge in [0.2, 0.25) is 0 Å². The predicted octanol–water partition coefficient (Wildman–Crippen LogP) is 1.92. The van der Waals surface area contributed by atoms with Crippen LogP contribution in [0.2, 0.25) is 0 Å². The van der Waals surface area contributed by atoms with Crippen molar-refractivity contribution in [1.82, 2.24) is 10.6 Å². The lowest BCUT2D eigenvalue weighted by Crippen LogP contribution is -2.49. The van der Waals surface area contributed by atoms with Crippen LogP contribution in [0.15, 0.2) is 24.3 Å². The lowest BCUT2D eigenvalue weighted by Gasteiger charge is -2.38. The first-order chi connectivity index (χ1) is 12.6. The standard InChI is InChI=1S/C20H28N2O4/c1-25-17-8-6-15(7-9-17)20(10-12-26-13-11-20)14-21-18(23)19(24)22-16-4-2-3-5-16/h6-9,16H,2-5,10-14H2,1H3,(H,21,23)(H,22,24). The summed E-state index contributed by atoms with van der Waals surface area (Å²) in [6, 6.07) is 8.08. The summed E-state index contributed by atoms with van der Waals surface area (Å²) in [5.41, 5.74) is 0.923. The van der Waals surface area contributed by atoms with E-state index in [4.69, 9.17) is 9.47 Å². The number of hydrogen-bond donors (Lipinski definition) is 2. The Kier molecular flexibility index (Phi) is 6.14. The zero-order valence-electron chi connectivity index (χ0n) is 15.4. The lowest BCUT2D eigenvalue weighted by atomic mass is 9.74. The Bertz CT molecular complexity index is 617. The Morgan fingerprint density at radius 3 is 2.38 bits per heavy atom. The Morgan fingerprint density at radius 1 is 1.12 bits per heavy atom. The highest BCUT2D eigenvalue weighted by atomic mass is 16.5. The maximum Gasteiger partial charge on any atom is 0.309 e. The Balaban J connectivity index is 1.64. The number of carbonyl (C=O) groups is 2. The summed E-state index contributed by atoms with van der Waals surface area (Å²) in [6.45, 7) is 1.73. The molecule has 0 unspecified atom stereocenters. The number of benzene rings is 1. The molecule has 26 heavy (non-hydrogen) atoms. The second-order valence-corrected chi connectivity index (χ2v) is 7.26. The largest absolute Gasteiger partial charge is 0.497 e. The number of methoxy groups -OCH3 is 1. The molecule has 0 radical (unpaired) electrons. The molecule has 1 saturated heterocycles. The average Bonchev–Trinajstić information content (AvgIpc) is 3.20. The van der Waals surface area contributed by atoms with Gasteiger partial charge in [0, 0.05) is 31.2 Å². The van der Waals surface area contributed by atoms with Crippen molar-refractivity contribution in [3.05, 3.63) is 29.8 Å². The summed E-state index contributed by atoms with van der Waals surface area (Å²) >= 11 is 0. The van der Waals surface area contributed by atoms with E-state index in [9.17, 15) is 9.59 Å². The normalized spacial score (nSPS) is 19.7. The number of hydrogen-bond acceptors (Lipinski definition) is 4. The van der Waals surface area contributed by atoms with Gasteiger partial charge in [-0.15, -0.1) is 0 Å². The molecular formula is C20H28N2O4. The molecule has 0 bridgehead atoms. The molecular weight excluding hydrogens is 332 g/mol. The summed E-state index contributed by atoms with van der Waals surface area (Å²) < 4.78 is 10.8. The van der Waals surface area contributed by atoms with Crippen LogP contribution in [0.1, 0.15) is 44.1 Å². The van der Waals surface area contributed by atoms with Crippen LogP contribution in [0.25, 0.3) is 0 Å². The van der Waals surface area contributed by atoms with Crippen molar-refractivity contribution in [2.75, 3.05) is 26.9 Å². The lowest BCUT2D eigenvalue weighted by molar-refractivity contribution is -0.139. The Labute approximate surface area is 154 Å². The van der Waals surface area contributed by atoms with Gasteiger partial charge in [0.15, 0.2) is 0 Å². The van der Waals surface area contributed by atoms with Crippen molar-refractivity contribution in [1.29, 1.82) is 0 Å². The molecule has 1 aromatic rings. The van der Waals surface area contributed by atoms with E-state index in [1.807, 2.05) is 24.3 Å². The van der Waals surface area contributed by atoms with Crippen LogP contribution in [0.4, 0.5) is 0 Å². The summed E-state index contributed by atoms with van der Waals surface area (Å²) in [5, 5.41) is 5.70. The molecule has 1 aromatic carbocycles. The van der Waals surface area contributed by atoms with Crippen molar-refractivity contribution in [2.45, 2.75) is 50.0 Å². The summed E-state index contributed by atoms with van der Waals surface area (Å²) in [4.78, 5) is 24.4. The fourth-order valence-electron chi connectivity index (χ4n) is 3.93. The molecule has 1 aliphatic heterocycles. The van der Waals surface area contributed by atoms with Crippen molar-refractivity contribution in [3.8, 4) is 5.75 Å². The number of carbonyl (C=O) groups excluding carboxylic acids is 2. The van der Waals surface area contributed by atoms with Crippen LogP contribution in [0, 0.1) is 0 Å². The van der Waals surface area contributed by atoms with Crippen LogP contribution >= 0.6 is 0 Å². The van der Waals surface area contributed by atoms with Crippen LogP contribution in [0.3, 0.4) is 0 Å². The molecule has 2 aliphatic rings. The Morgan fingerprint density at radius 2 is 1.77 bits per heavy atom. The van der Waals surface area contributed by atoms with Crippen LogP contribution in [0.5, 0.6) is 5.75 Å². The molecule has 0 aromatic heterocycles. The van der Waals surface area contributed by atoms with Crippen molar-refractivity contribution >= 4 is 11.8 Å². The molecule has 3 rings (SSSR count). The molecule has 1 heterocycles. The van der Waals surface area contributed by atoms with Gasteiger partial charge in [-0.05, 0) is 43.4 Å². The first-order valence-electron chi connectivity index (χ1n) is 9.44. The van der Waals surface area contributed by atoms with E-state index >= 15 is 0 Å². The number of amides is 2. The van der Waals surface area contributed by atoms with E-state index < -0.39 is 11.8 Å². The first-order valence-corrected chi connectivity index (χ1v) is 9.44. The van der Waals surface area contributed by atoms with Crippen molar-refractivity contribution in [2.24, 2.45) is 0 Å². The van der Waals surface area contributed by atoms with E-state index in [2.05, 4.69) is 10.6 Å². The fraction of sp³-hybridized carbons (Fsp3) is 0.600. The second kappa shape index (κ2) is 8.54.